The van der Waals surface area contributed by atoms with Gasteiger partial charge in [0, 0.05) is 5.56 Å². The Kier molecular flexibility index (Phi) is 4.53. The summed E-state index contributed by atoms with van der Waals surface area (Å²) in [7, 11) is 0. The number of rotatable bonds is 3. The fourth-order valence-corrected chi connectivity index (χ4v) is 2.24. The summed E-state index contributed by atoms with van der Waals surface area (Å²) in [4.78, 5) is 0. The first-order valence-corrected chi connectivity index (χ1v) is 6.62. The van der Waals surface area contributed by atoms with Crippen LogP contribution in [0.15, 0.2) is 46.9 Å². The molecule has 1 atom stereocenters. The predicted molar refractivity (Wildman–Crippen MR) is 73.3 cm³/mol. The van der Waals surface area contributed by atoms with E-state index in [-0.39, 0.29) is 15.8 Å². The van der Waals surface area contributed by atoms with Gasteiger partial charge in [-0.3, -0.25) is 0 Å². The maximum atomic E-state index is 13.2. The number of hydrogen-bond donors (Lipinski definition) is 1. The van der Waals surface area contributed by atoms with Gasteiger partial charge in [0.05, 0.1) is 10.5 Å². The van der Waals surface area contributed by atoms with Crippen molar-refractivity contribution >= 4 is 15.9 Å². The molecule has 2 N–H and O–H groups in total. The molecule has 0 aliphatic heterocycles. The minimum atomic E-state index is -4.81. The van der Waals surface area contributed by atoms with Crippen LogP contribution in [-0.2, 0) is 0 Å². The molecule has 0 amide bonds. The SMILES string of the molecule is NC(c1ccc(F)c(Br)c1)c1ccccc1OC(F)(F)F. The van der Waals surface area contributed by atoms with Crippen molar-refractivity contribution in [3.05, 3.63) is 63.9 Å². The highest BCUT2D eigenvalue weighted by atomic mass is 79.9. The van der Waals surface area contributed by atoms with E-state index in [0.29, 0.717) is 5.56 Å². The van der Waals surface area contributed by atoms with E-state index in [0.717, 1.165) is 0 Å². The standard InChI is InChI=1S/C14H10BrF4NO/c15-10-7-8(5-6-11(10)16)13(20)9-3-1-2-4-12(9)21-14(17,18)19/h1-7,13H,20H2. The first kappa shape index (κ1) is 15.8. The van der Waals surface area contributed by atoms with Gasteiger partial charge >= 0.3 is 6.36 Å². The fraction of sp³-hybridized carbons (Fsp3) is 0.143. The molecule has 2 aromatic rings. The van der Waals surface area contributed by atoms with E-state index < -0.39 is 18.2 Å². The van der Waals surface area contributed by atoms with Crippen LogP contribution in [0.4, 0.5) is 17.6 Å². The van der Waals surface area contributed by atoms with E-state index in [1.165, 1.54) is 36.4 Å². The molecule has 0 saturated carbocycles. The molecule has 112 valence electrons. The molecule has 0 aliphatic carbocycles. The van der Waals surface area contributed by atoms with Gasteiger partial charge in [-0.1, -0.05) is 24.3 Å². The van der Waals surface area contributed by atoms with Gasteiger partial charge in [0.15, 0.2) is 0 Å². The van der Waals surface area contributed by atoms with Crippen molar-refractivity contribution in [1.29, 1.82) is 0 Å². The smallest absolute Gasteiger partial charge is 0.405 e. The molecule has 2 rings (SSSR count). The maximum Gasteiger partial charge on any atom is 0.573 e. The molecule has 0 aromatic heterocycles. The van der Waals surface area contributed by atoms with E-state index in [2.05, 4.69) is 20.7 Å². The van der Waals surface area contributed by atoms with E-state index in [9.17, 15) is 17.6 Å². The molecule has 0 aliphatic rings. The summed E-state index contributed by atoms with van der Waals surface area (Å²) in [5, 5.41) is 0. The summed E-state index contributed by atoms with van der Waals surface area (Å²) in [6.45, 7) is 0. The molecule has 0 fully saturated rings. The number of nitrogens with two attached hydrogens (primary N) is 1. The summed E-state index contributed by atoms with van der Waals surface area (Å²) in [5.74, 6) is -0.858. The van der Waals surface area contributed by atoms with Gasteiger partial charge in [0.2, 0.25) is 0 Å². The number of alkyl halides is 3. The van der Waals surface area contributed by atoms with Crippen LogP contribution in [0.1, 0.15) is 17.2 Å². The number of hydrogen-bond acceptors (Lipinski definition) is 2. The second-order valence-corrected chi connectivity index (χ2v) is 5.09. The van der Waals surface area contributed by atoms with Gasteiger partial charge in [-0.25, -0.2) is 4.39 Å². The van der Waals surface area contributed by atoms with Gasteiger partial charge < -0.3 is 10.5 Å². The monoisotopic (exact) mass is 363 g/mol. The molecule has 2 aromatic carbocycles. The minimum absolute atomic E-state index is 0.160. The summed E-state index contributed by atoms with van der Waals surface area (Å²) < 4.78 is 54.5. The van der Waals surface area contributed by atoms with Crippen molar-refractivity contribution in [2.45, 2.75) is 12.4 Å². The van der Waals surface area contributed by atoms with E-state index in [1.807, 2.05) is 0 Å². The highest BCUT2D eigenvalue weighted by molar-refractivity contribution is 9.10. The fourth-order valence-electron chi connectivity index (χ4n) is 1.84. The first-order chi connectivity index (χ1) is 9.78. The van der Waals surface area contributed by atoms with E-state index >= 15 is 0 Å². The van der Waals surface area contributed by atoms with Crippen molar-refractivity contribution in [3.8, 4) is 5.75 Å². The molecule has 2 nitrogen and oxygen atoms in total. The van der Waals surface area contributed by atoms with Crippen molar-refractivity contribution in [2.75, 3.05) is 0 Å². The molecule has 1 unspecified atom stereocenters. The Morgan fingerprint density at radius 1 is 1.10 bits per heavy atom. The number of benzene rings is 2. The van der Waals surface area contributed by atoms with Crippen LogP contribution in [0.2, 0.25) is 0 Å². The summed E-state index contributed by atoms with van der Waals surface area (Å²) in [6.07, 6.45) is -4.81. The predicted octanol–water partition coefficient (Wildman–Crippen LogP) is 4.53. The average Bonchev–Trinajstić information content (AvgIpc) is 2.40. The lowest BCUT2D eigenvalue weighted by atomic mass is 9.99. The Balaban J connectivity index is 2.38. The van der Waals surface area contributed by atoms with Crippen molar-refractivity contribution in [2.24, 2.45) is 5.73 Å². The van der Waals surface area contributed by atoms with Gasteiger partial charge in [-0.05, 0) is 39.7 Å². The molecular formula is C14H10BrF4NO. The third kappa shape index (κ3) is 3.95. The second kappa shape index (κ2) is 6.03. The molecule has 0 bridgehead atoms. The topological polar surface area (TPSA) is 35.2 Å². The average molecular weight is 364 g/mol. The van der Waals surface area contributed by atoms with Crippen LogP contribution in [0.25, 0.3) is 0 Å². The highest BCUT2D eigenvalue weighted by Crippen LogP contribution is 2.33. The molecule has 7 heteroatoms. The number of para-hydroxylation sites is 1. The van der Waals surface area contributed by atoms with E-state index in [1.54, 1.807) is 6.07 Å². The Labute approximate surface area is 126 Å². The zero-order valence-corrected chi connectivity index (χ0v) is 12.1. The van der Waals surface area contributed by atoms with Crippen LogP contribution in [-0.4, -0.2) is 6.36 Å². The maximum absolute atomic E-state index is 13.2. The third-order valence-corrected chi connectivity index (χ3v) is 3.39. The van der Waals surface area contributed by atoms with Crippen LogP contribution in [0, 0.1) is 5.82 Å². The lowest BCUT2D eigenvalue weighted by molar-refractivity contribution is -0.274. The van der Waals surface area contributed by atoms with Crippen LogP contribution in [0.5, 0.6) is 5.75 Å². The lowest BCUT2D eigenvalue weighted by Crippen LogP contribution is -2.20. The highest BCUT2D eigenvalue weighted by Gasteiger charge is 2.32. The third-order valence-electron chi connectivity index (χ3n) is 2.78. The quantitative estimate of drug-likeness (QED) is 0.812. The summed E-state index contributed by atoms with van der Waals surface area (Å²) >= 11 is 3.01. The van der Waals surface area contributed by atoms with Crippen molar-refractivity contribution in [3.63, 3.8) is 0 Å². The Hall–Kier alpha value is -1.60. The van der Waals surface area contributed by atoms with Crippen LogP contribution >= 0.6 is 15.9 Å². The number of halogens is 5. The van der Waals surface area contributed by atoms with Crippen LogP contribution < -0.4 is 10.5 Å². The second-order valence-electron chi connectivity index (χ2n) is 4.24. The van der Waals surface area contributed by atoms with Crippen molar-refractivity contribution in [1.82, 2.24) is 0 Å². The summed E-state index contributed by atoms with van der Waals surface area (Å²) in [5.41, 5.74) is 6.58. The van der Waals surface area contributed by atoms with Crippen molar-refractivity contribution < 1.29 is 22.3 Å². The first-order valence-electron chi connectivity index (χ1n) is 5.83. The van der Waals surface area contributed by atoms with Crippen LogP contribution in [0.3, 0.4) is 0 Å². The largest absolute Gasteiger partial charge is 0.573 e. The molecule has 0 saturated heterocycles. The summed E-state index contributed by atoms with van der Waals surface area (Å²) in [6, 6.07) is 8.73. The lowest BCUT2D eigenvalue weighted by Gasteiger charge is -2.18. The zero-order valence-electron chi connectivity index (χ0n) is 10.5. The Bertz CT molecular complexity index is 645. The van der Waals surface area contributed by atoms with Gasteiger partial charge in [0.25, 0.3) is 0 Å². The molecule has 0 spiro atoms. The van der Waals surface area contributed by atoms with Gasteiger partial charge in [0.1, 0.15) is 11.6 Å². The normalized spacial score (nSPS) is 13.0. The number of ether oxygens (including phenoxy) is 1. The van der Waals surface area contributed by atoms with Gasteiger partial charge in [-0.2, -0.15) is 0 Å². The molecule has 21 heavy (non-hydrogen) atoms. The Morgan fingerprint density at radius 2 is 1.76 bits per heavy atom. The molecule has 0 radical (unpaired) electrons. The minimum Gasteiger partial charge on any atom is -0.405 e. The van der Waals surface area contributed by atoms with E-state index in [4.69, 9.17) is 5.73 Å². The molecular weight excluding hydrogens is 354 g/mol. The molecule has 0 heterocycles. The zero-order chi connectivity index (χ0) is 15.6. The Morgan fingerprint density at radius 3 is 2.38 bits per heavy atom. The van der Waals surface area contributed by atoms with Gasteiger partial charge in [-0.15, -0.1) is 13.2 Å².